The summed E-state index contributed by atoms with van der Waals surface area (Å²) in [5.41, 5.74) is 0.742. The quantitative estimate of drug-likeness (QED) is 0.620. The van der Waals surface area contributed by atoms with Gasteiger partial charge in [0.1, 0.15) is 5.82 Å². The van der Waals surface area contributed by atoms with Crippen LogP contribution in [0.3, 0.4) is 0 Å². The molecule has 0 aliphatic carbocycles. The van der Waals surface area contributed by atoms with Gasteiger partial charge >= 0.3 is 7.12 Å². The van der Waals surface area contributed by atoms with Crippen LogP contribution in [0, 0.1) is 12.7 Å². The molecular formula is C10H10BFN2O3S. The van der Waals surface area contributed by atoms with Gasteiger partial charge < -0.3 is 14.5 Å². The van der Waals surface area contributed by atoms with E-state index in [-0.39, 0.29) is 5.46 Å². The van der Waals surface area contributed by atoms with Crippen molar-refractivity contribution in [3.8, 4) is 0 Å². The summed E-state index contributed by atoms with van der Waals surface area (Å²) in [7, 11) is -1.71. The van der Waals surface area contributed by atoms with E-state index >= 15 is 0 Å². The predicted molar refractivity (Wildman–Crippen MR) is 64.8 cm³/mol. The summed E-state index contributed by atoms with van der Waals surface area (Å²) in [6.45, 7) is 1.68. The minimum atomic E-state index is -1.71. The zero-order chi connectivity index (χ0) is 13.1. The van der Waals surface area contributed by atoms with E-state index in [0.717, 1.165) is 6.07 Å². The van der Waals surface area contributed by atoms with Crippen LogP contribution in [0.4, 0.5) is 4.39 Å². The molecule has 1 aromatic carbocycles. The molecule has 0 fully saturated rings. The number of benzene rings is 1. The molecule has 0 spiro atoms. The minimum Gasteiger partial charge on any atom is -0.423 e. The van der Waals surface area contributed by atoms with Crippen LogP contribution in [0.1, 0.15) is 11.5 Å². The highest BCUT2D eigenvalue weighted by atomic mass is 32.2. The maximum Gasteiger partial charge on any atom is 0.488 e. The number of rotatable bonds is 4. The Bertz CT molecular complexity index is 550. The molecule has 0 radical (unpaired) electrons. The summed E-state index contributed by atoms with van der Waals surface area (Å²) in [6, 6.07) is 3.86. The van der Waals surface area contributed by atoms with Crippen molar-refractivity contribution in [1.82, 2.24) is 10.2 Å². The highest BCUT2D eigenvalue weighted by molar-refractivity contribution is 7.98. The average molecular weight is 268 g/mol. The lowest BCUT2D eigenvalue weighted by Crippen LogP contribution is -2.33. The van der Waals surface area contributed by atoms with Crippen molar-refractivity contribution in [1.29, 1.82) is 0 Å². The van der Waals surface area contributed by atoms with Crippen molar-refractivity contribution in [2.24, 2.45) is 0 Å². The molecule has 1 heterocycles. The molecule has 0 saturated heterocycles. The van der Waals surface area contributed by atoms with Gasteiger partial charge in [-0.15, -0.1) is 10.2 Å². The van der Waals surface area contributed by atoms with Gasteiger partial charge in [0.2, 0.25) is 5.89 Å². The first-order valence-corrected chi connectivity index (χ1v) is 6.12. The summed E-state index contributed by atoms with van der Waals surface area (Å²) in [6.07, 6.45) is 0. The molecule has 0 aliphatic heterocycles. The largest absolute Gasteiger partial charge is 0.488 e. The van der Waals surface area contributed by atoms with Gasteiger partial charge in [0.05, 0.1) is 0 Å². The zero-order valence-electron chi connectivity index (χ0n) is 9.50. The maximum absolute atomic E-state index is 13.0. The highest BCUT2D eigenvalue weighted by Crippen LogP contribution is 2.20. The van der Waals surface area contributed by atoms with Gasteiger partial charge in [0.15, 0.2) is 0 Å². The molecule has 1 aromatic heterocycles. The van der Waals surface area contributed by atoms with Crippen LogP contribution in [0.15, 0.2) is 27.8 Å². The van der Waals surface area contributed by atoms with Crippen LogP contribution in [0.2, 0.25) is 0 Å². The second kappa shape index (κ2) is 5.51. The summed E-state index contributed by atoms with van der Waals surface area (Å²) >= 11 is 1.25. The first kappa shape index (κ1) is 13.1. The lowest BCUT2D eigenvalue weighted by atomic mass is 9.77. The van der Waals surface area contributed by atoms with Crippen LogP contribution in [0.25, 0.3) is 0 Å². The molecule has 94 valence electrons. The van der Waals surface area contributed by atoms with E-state index in [2.05, 4.69) is 10.2 Å². The number of nitrogens with zero attached hydrogens (tertiary/aromatic N) is 2. The Kier molecular flexibility index (Phi) is 4.00. The summed E-state index contributed by atoms with van der Waals surface area (Å²) < 4.78 is 18.2. The van der Waals surface area contributed by atoms with Crippen molar-refractivity contribution in [3.05, 3.63) is 35.5 Å². The molecule has 2 aromatic rings. The number of halogens is 1. The molecule has 18 heavy (non-hydrogen) atoms. The molecule has 8 heteroatoms. The molecule has 2 rings (SSSR count). The molecule has 0 amide bonds. The molecule has 2 N–H and O–H groups in total. The van der Waals surface area contributed by atoms with Crippen molar-refractivity contribution in [2.75, 3.05) is 0 Å². The Morgan fingerprint density at radius 3 is 2.78 bits per heavy atom. The number of aryl methyl sites for hydroxylation is 1. The topological polar surface area (TPSA) is 79.4 Å². The van der Waals surface area contributed by atoms with E-state index in [0.29, 0.717) is 22.4 Å². The monoisotopic (exact) mass is 268 g/mol. The first-order valence-electron chi connectivity index (χ1n) is 5.13. The fraction of sp³-hybridized carbons (Fsp3) is 0.200. The van der Waals surface area contributed by atoms with Crippen LogP contribution in [-0.4, -0.2) is 27.4 Å². The Morgan fingerprint density at radius 2 is 2.17 bits per heavy atom. The first-order chi connectivity index (χ1) is 8.56. The van der Waals surface area contributed by atoms with Gasteiger partial charge in [0, 0.05) is 12.7 Å². The second-order valence-electron chi connectivity index (χ2n) is 3.59. The maximum atomic E-state index is 13.0. The van der Waals surface area contributed by atoms with Crippen molar-refractivity contribution >= 4 is 24.3 Å². The molecular weight excluding hydrogens is 258 g/mol. The van der Waals surface area contributed by atoms with E-state index in [1.165, 1.54) is 23.9 Å². The molecule has 0 saturated carbocycles. The average Bonchev–Trinajstić information content (AvgIpc) is 2.73. The van der Waals surface area contributed by atoms with Gasteiger partial charge in [-0.25, -0.2) is 4.39 Å². The zero-order valence-corrected chi connectivity index (χ0v) is 10.3. The smallest absolute Gasteiger partial charge is 0.423 e. The predicted octanol–water partition coefficient (Wildman–Crippen LogP) is 0.489. The third-order valence-corrected chi connectivity index (χ3v) is 3.11. The number of aromatic nitrogens is 2. The van der Waals surface area contributed by atoms with Gasteiger partial charge in [-0.05, 0) is 23.2 Å². The van der Waals surface area contributed by atoms with E-state index in [9.17, 15) is 4.39 Å². The Morgan fingerprint density at radius 1 is 1.39 bits per heavy atom. The Hall–Kier alpha value is -1.38. The van der Waals surface area contributed by atoms with Crippen LogP contribution < -0.4 is 5.46 Å². The Labute approximate surface area is 107 Å². The van der Waals surface area contributed by atoms with Gasteiger partial charge in [-0.2, -0.15) is 0 Å². The fourth-order valence-corrected chi connectivity index (χ4v) is 2.23. The van der Waals surface area contributed by atoms with Crippen LogP contribution in [-0.2, 0) is 5.75 Å². The second-order valence-corrected chi connectivity index (χ2v) is 4.52. The van der Waals surface area contributed by atoms with Crippen molar-refractivity contribution in [3.63, 3.8) is 0 Å². The van der Waals surface area contributed by atoms with E-state index in [4.69, 9.17) is 14.5 Å². The number of hydrogen-bond donors (Lipinski definition) is 2. The molecule has 0 unspecified atom stereocenters. The van der Waals surface area contributed by atoms with Crippen LogP contribution in [0.5, 0.6) is 0 Å². The Balaban J connectivity index is 2.13. The summed E-state index contributed by atoms with van der Waals surface area (Å²) in [4.78, 5) is 0. The van der Waals surface area contributed by atoms with Gasteiger partial charge in [-0.1, -0.05) is 17.8 Å². The van der Waals surface area contributed by atoms with Gasteiger partial charge in [-0.3, -0.25) is 0 Å². The van der Waals surface area contributed by atoms with Crippen molar-refractivity contribution in [2.45, 2.75) is 17.9 Å². The summed E-state index contributed by atoms with van der Waals surface area (Å²) in [5, 5.41) is 26.2. The lowest BCUT2D eigenvalue weighted by Gasteiger charge is -2.07. The molecule has 0 bridgehead atoms. The third-order valence-electron chi connectivity index (χ3n) is 2.24. The number of thioether (sulfide) groups is 1. The van der Waals surface area contributed by atoms with E-state index in [1.807, 2.05) is 0 Å². The highest BCUT2D eigenvalue weighted by Gasteiger charge is 2.17. The molecule has 0 atom stereocenters. The standard InChI is InChI=1S/C10H10BFN2O3S/c1-6-13-14-10(17-6)18-5-7-2-3-8(12)4-9(7)11(15)16/h2-4,15-16H,5H2,1H3. The normalized spacial score (nSPS) is 10.7. The molecule has 0 aliphatic rings. The number of hydrogen-bond acceptors (Lipinski definition) is 6. The van der Waals surface area contributed by atoms with Crippen molar-refractivity contribution < 1.29 is 18.9 Å². The minimum absolute atomic E-state index is 0.138. The van der Waals surface area contributed by atoms with E-state index in [1.54, 1.807) is 6.92 Å². The van der Waals surface area contributed by atoms with Crippen LogP contribution >= 0.6 is 11.8 Å². The van der Waals surface area contributed by atoms with Gasteiger partial charge in [0.25, 0.3) is 5.22 Å². The fourth-order valence-electron chi connectivity index (χ4n) is 1.41. The molecule has 5 nitrogen and oxygen atoms in total. The third kappa shape index (κ3) is 3.09. The summed E-state index contributed by atoms with van der Waals surface area (Å²) in [5.74, 6) is 0.328. The SMILES string of the molecule is Cc1nnc(SCc2ccc(F)cc2B(O)O)o1. The van der Waals surface area contributed by atoms with E-state index < -0.39 is 12.9 Å². The lowest BCUT2D eigenvalue weighted by molar-refractivity contribution is 0.424.